The van der Waals surface area contributed by atoms with Gasteiger partial charge in [-0.2, -0.15) is 8.78 Å². The molecule has 1 aromatic carbocycles. The smallest absolute Gasteiger partial charge is 0.387 e. The Morgan fingerprint density at radius 2 is 1.92 bits per heavy atom. The van der Waals surface area contributed by atoms with Crippen LogP contribution in [0.1, 0.15) is 0 Å². The third-order valence-corrected chi connectivity index (χ3v) is 3.02. The molecular formula is C7H3Br2F2IO. The summed E-state index contributed by atoms with van der Waals surface area (Å²) in [6.45, 7) is -2.80. The van der Waals surface area contributed by atoms with Gasteiger partial charge in [-0.15, -0.1) is 0 Å². The van der Waals surface area contributed by atoms with Crippen LogP contribution in [0.4, 0.5) is 8.78 Å². The van der Waals surface area contributed by atoms with Crippen molar-refractivity contribution in [3.63, 3.8) is 0 Å². The van der Waals surface area contributed by atoms with Crippen molar-refractivity contribution in [1.29, 1.82) is 0 Å². The van der Waals surface area contributed by atoms with Gasteiger partial charge in [-0.1, -0.05) is 15.9 Å². The summed E-state index contributed by atoms with van der Waals surface area (Å²) in [6.07, 6.45) is 0. The highest BCUT2D eigenvalue weighted by atomic mass is 127. The minimum Gasteiger partial charge on any atom is -0.432 e. The average molecular weight is 428 g/mol. The number of rotatable bonds is 2. The van der Waals surface area contributed by atoms with Crippen molar-refractivity contribution in [3.05, 3.63) is 24.6 Å². The topological polar surface area (TPSA) is 9.23 Å². The van der Waals surface area contributed by atoms with Crippen molar-refractivity contribution in [3.8, 4) is 5.75 Å². The van der Waals surface area contributed by atoms with Crippen molar-refractivity contribution in [2.75, 3.05) is 0 Å². The van der Waals surface area contributed by atoms with E-state index in [0.29, 0.717) is 8.04 Å². The highest BCUT2D eigenvalue weighted by molar-refractivity contribution is 14.1. The Morgan fingerprint density at radius 3 is 2.38 bits per heavy atom. The Labute approximate surface area is 104 Å². The number of hydrogen-bond donors (Lipinski definition) is 0. The first-order chi connectivity index (χ1) is 6.00. The van der Waals surface area contributed by atoms with Gasteiger partial charge in [0.1, 0.15) is 0 Å². The van der Waals surface area contributed by atoms with Crippen LogP contribution in [-0.4, -0.2) is 6.61 Å². The zero-order valence-electron chi connectivity index (χ0n) is 6.03. The Balaban J connectivity index is 3.06. The van der Waals surface area contributed by atoms with E-state index in [9.17, 15) is 8.78 Å². The second kappa shape index (κ2) is 4.88. The molecule has 0 spiro atoms. The number of halogens is 5. The van der Waals surface area contributed by atoms with Crippen LogP contribution in [0.15, 0.2) is 21.1 Å². The van der Waals surface area contributed by atoms with Crippen molar-refractivity contribution in [1.82, 2.24) is 0 Å². The van der Waals surface area contributed by atoms with E-state index in [-0.39, 0.29) is 5.75 Å². The van der Waals surface area contributed by atoms with Crippen LogP contribution < -0.4 is 4.74 Å². The molecule has 0 N–H and O–H groups in total. The molecule has 6 heteroatoms. The van der Waals surface area contributed by atoms with Crippen molar-refractivity contribution in [2.24, 2.45) is 0 Å². The van der Waals surface area contributed by atoms with Gasteiger partial charge in [0.05, 0.1) is 8.04 Å². The molecule has 0 aliphatic heterocycles. The van der Waals surface area contributed by atoms with Crippen LogP contribution in [-0.2, 0) is 0 Å². The Bertz CT molecular complexity index is 296. The molecular weight excluding hydrogens is 425 g/mol. The number of alkyl halides is 2. The predicted molar refractivity (Wildman–Crippen MR) is 61.2 cm³/mol. The summed E-state index contributed by atoms with van der Waals surface area (Å²) in [5, 5.41) is 0. The highest BCUT2D eigenvalue weighted by Crippen LogP contribution is 2.34. The highest BCUT2D eigenvalue weighted by Gasteiger charge is 2.12. The molecule has 0 aliphatic carbocycles. The van der Waals surface area contributed by atoms with Gasteiger partial charge < -0.3 is 4.74 Å². The second-order valence-electron chi connectivity index (χ2n) is 2.08. The quantitative estimate of drug-likeness (QED) is 0.635. The molecule has 0 amide bonds. The minimum absolute atomic E-state index is 0.166. The largest absolute Gasteiger partial charge is 0.432 e. The summed E-state index contributed by atoms with van der Waals surface area (Å²) >= 11 is 8.30. The van der Waals surface area contributed by atoms with Gasteiger partial charge in [-0.25, -0.2) is 0 Å². The molecule has 0 bridgehead atoms. The van der Waals surface area contributed by atoms with Crippen LogP contribution >= 0.6 is 54.5 Å². The average Bonchev–Trinajstić information content (AvgIpc) is 1.96. The van der Waals surface area contributed by atoms with Crippen LogP contribution in [0.5, 0.6) is 5.75 Å². The summed E-state index contributed by atoms with van der Waals surface area (Å²) < 4.78 is 30.1. The number of benzene rings is 1. The van der Waals surface area contributed by atoms with Crippen LogP contribution in [0.3, 0.4) is 0 Å². The molecule has 0 heterocycles. The van der Waals surface area contributed by atoms with E-state index in [1.165, 1.54) is 0 Å². The van der Waals surface area contributed by atoms with E-state index in [2.05, 4.69) is 36.6 Å². The van der Waals surface area contributed by atoms with E-state index in [1.807, 2.05) is 22.6 Å². The fourth-order valence-electron chi connectivity index (χ4n) is 0.731. The first-order valence-electron chi connectivity index (χ1n) is 3.10. The third-order valence-electron chi connectivity index (χ3n) is 1.17. The van der Waals surface area contributed by atoms with Crippen LogP contribution in [0, 0.1) is 3.57 Å². The van der Waals surface area contributed by atoms with Crippen LogP contribution in [0.2, 0.25) is 0 Å². The summed E-state index contributed by atoms with van der Waals surface area (Å²) in [5.74, 6) is 0.166. The molecule has 13 heavy (non-hydrogen) atoms. The lowest BCUT2D eigenvalue weighted by Crippen LogP contribution is -2.03. The molecule has 0 radical (unpaired) electrons. The zero-order chi connectivity index (χ0) is 10.0. The Hall–Kier alpha value is 0.570. The van der Waals surface area contributed by atoms with Gasteiger partial charge in [0, 0.05) is 4.47 Å². The van der Waals surface area contributed by atoms with Crippen molar-refractivity contribution >= 4 is 54.5 Å². The minimum atomic E-state index is -2.80. The zero-order valence-corrected chi connectivity index (χ0v) is 11.4. The normalized spacial score (nSPS) is 10.6. The molecule has 0 saturated carbocycles. The maximum absolute atomic E-state index is 11.9. The van der Waals surface area contributed by atoms with Crippen molar-refractivity contribution in [2.45, 2.75) is 6.61 Å². The maximum atomic E-state index is 11.9. The lowest BCUT2D eigenvalue weighted by Gasteiger charge is -2.09. The molecule has 1 nitrogen and oxygen atoms in total. The monoisotopic (exact) mass is 426 g/mol. The van der Waals surface area contributed by atoms with E-state index >= 15 is 0 Å². The molecule has 72 valence electrons. The van der Waals surface area contributed by atoms with E-state index < -0.39 is 6.61 Å². The van der Waals surface area contributed by atoms with Crippen LogP contribution in [0.25, 0.3) is 0 Å². The van der Waals surface area contributed by atoms with Gasteiger partial charge in [0.15, 0.2) is 5.75 Å². The predicted octanol–water partition coefficient (Wildman–Crippen LogP) is 4.42. The second-order valence-corrected chi connectivity index (χ2v) is 5.01. The lowest BCUT2D eigenvalue weighted by molar-refractivity contribution is -0.0509. The Kier molecular flexibility index (Phi) is 4.37. The van der Waals surface area contributed by atoms with Gasteiger partial charge in [-0.3, -0.25) is 0 Å². The molecule has 1 rings (SSSR count). The summed E-state index contributed by atoms with van der Waals surface area (Å²) in [5.41, 5.74) is 0. The fourth-order valence-corrected chi connectivity index (χ4v) is 3.60. The van der Waals surface area contributed by atoms with E-state index in [1.54, 1.807) is 12.1 Å². The van der Waals surface area contributed by atoms with Gasteiger partial charge in [0.25, 0.3) is 0 Å². The standard InChI is InChI=1S/C7H3Br2F2IO/c8-3-1-4(9)6(5(12)2-3)13-7(10)11/h1-2,7H. The van der Waals surface area contributed by atoms with Gasteiger partial charge >= 0.3 is 6.61 Å². The summed E-state index contributed by atoms with van der Waals surface area (Å²) in [7, 11) is 0. The Morgan fingerprint density at radius 1 is 1.31 bits per heavy atom. The summed E-state index contributed by atoms with van der Waals surface area (Å²) in [6, 6.07) is 3.35. The van der Waals surface area contributed by atoms with Gasteiger partial charge in [0.2, 0.25) is 0 Å². The SMILES string of the molecule is FC(F)Oc1c(Br)cc(Br)cc1I. The molecule has 0 fully saturated rings. The molecule has 0 aliphatic rings. The van der Waals surface area contributed by atoms with Crippen molar-refractivity contribution < 1.29 is 13.5 Å². The number of hydrogen-bond acceptors (Lipinski definition) is 1. The number of ether oxygens (including phenoxy) is 1. The molecule has 0 aromatic heterocycles. The third kappa shape index (κ3) is 3.32. The fraction of sp³-hybridized carbons (Fsp3) is 0.143. The first-order valence-corrected chi connectivity index (χ1v) is 5.76. The molecule has 0 atom stereocenters. The summed E-state index contributed by atoms with van der Waals surface area (Å²) in [4.78, 5) is 0. The maximum Gasteiger partial charge on any atom is 0.387 e. The lowest BCUT2D eigenvalue weighted by atomic mass is 10.3. The van der Waals surface area contributed by atoms with E-state index in [4.69, 9.17) is 0 Å². The first kappa shape index (κ1) is 11.6. The molecule has 0 saturated heterocycles. The van der Waals surface area contributed by atoms with Gasteiger partial charge in [-0.05, 0) is 50.7 Å². The molecule has 0 unspecified atom stereocenters. The van der Waals surface area contributed by atoms with E-state index in [0.717, 1.165) is 4.47 Å². The molecule has 1 aromatic rings.